The smallest absolute Gasteiger partial charge is 0.433 e. The van der Waals surface area contributed by atoms with Crippen molar-refractivity contribution in [3.63, 3.8) is 0 Å². The molecular weight excluding hydrogens is 247 g/mol. The van der Waals surface area contributed by atoms with E-state index in [0.717, 1.165) is 18.6 Å². The Labute approximate surface area is 103 Å². The standard InChI is InChI=1S/C12H14F3NO2/c1-3-4-5-9-8(11(17)18-2)6-7-10(16-9)12(13,14)15/h6-7H,3-5H2,1-2H3. The number of aryl methyl sites for hydroxylation is 1. The number of esters is 1. The van der Waals surface area contributed by atoms with Crippen LogP contribution in [0.1, 0.15) is 41.5 Å². The predicted octanol–water partition coefficient (Wildman–Crippen LogP) is 3.23. The van der Waals surface area contributed by atoms with E-state index in [-0.39, 0.29) is 11.3 Å². The molecule has 0 radical (unpaired) electrons. The van der Waals surface area contributed by atoms with Crippen LogP contribution in [0.25, 0.3) is 0 Å². The number of hydrogen-bond acceptors (Lipinski definition) is 3. The van der Waals surface area contributed by atoms with Crippen LogP contribution in [0.15, 0.2) is 12.1 Å². The molecule has 0 atom stereocenters. The summed E-state index contributed by atoms with van der Waals surface area (Å²) in [6.07, 6.45) is -2.71. The summed E-state index contributed by atoms with van der Waals surface area (Å²) in [5.41, 5.74) is -0.751. The summed E-state index contributed by atoms with van der Waals surface area (Å²) >= 11 is 0. The fourth-order valence-electron chi connectivity index (χ4n) is 1.49. The Morgan fingerprint density at radius 1 is 1.39 bits per heavy atom. The highest BCUT2D eigenvalue weighted by atomic mass is 19.4. The van der Waals surface area contributed by atoms with E-state index in [4.69, 9.17) is 0 Å². The van der Waals surface area contributed by atoms with Gasteiger partial charge in [0.1, 0.15) is 5.69 Å². The Balaban J connectivity index is 3.16. The Hall–Kier alpha value is -1.59. The number of carbonyl (C=O) groups is 1. The van der Waals surface area contributed by atoms with Gasteiger partial charge in [-0.3, -0.25) is 0 Å². The largest absolute Gasteiger partial charge is 0.465 e. The van der Waals surface area contributed by atoms with Crippen LogP contribution in [0.4, 0.5) is 13.2 Å². The number of aromatic nitrogens is 1. The molecule has 1 aromatic heterocycles. The van der Waals surface area contributed by atoms with Crippen molar-refractivity contribution >= 4 is 5.97 Å². The maximum Gasteiger partial charge on any atom is 0.433 e. The monoisotopic (exact) mass is 261 g/mol. The highest BCUT2D eigenvalue weighted by Crippen LogP contribution is 2.28. The molecule has 0 aliphatic rings. The van der Waals surface area contributed by atoms with E-state index in [1.54, 1.807) is 0 Å². The van der Waals surface area contributed by atoms with Crippen molar-refractivity contribution in [3.05, 3.63) is 29.1 Å². The van der Waals surface area contributed by atoms with E-state index in [9.17, 15) is 18.0 Å². The minimum atomic E-state index is -4.50. The maximum absolute atomic E-state index is 12.5. The van der Waals surface area contributed by atoms with Crippen molar-refractivity contribution in [2.75, 3.05) is 7.11 Å². The van der Waals surface area contributed by atoms with Crippen molar-refractivity contribution in [1.82, 2.24) is 4.98 Å². The van der Waals surface area contributed by atoms with Crippen molar-refractivity contribution in [1.29, 1.82) is 0 Å². The molecule has 0 N–H and O–H groups in total. The van der Waals surface area contributed by atoms with Crippen LogP contribution in [0.3, 0.4) is 0 Å². The third-order valence-corrected chi connectivity index (χ3v) is 2.44. The zero-order chi connectivity index (χ0) is 13.8. The van der Waals surface area contributed by atoms with Gasteiger partial charge in [0.25, 0.3) is 0 Å². The number of methoxy groups -OCH3 is 1. The molecule has 3 nitrogen and oxygen atoms in total. The first-order valence-corrected chi connectivity index (χ1v) is 5.55. The minimum absolute atomic E-state index is 0.0963. The number of rotatable bonds is 4. The lowest BCUT2D eigenvalue weighted by Gasteiger charge is -2.11. The van der Waals surface area contributed by atoms with Gasteiger partial charge in [0, 0.05) is 0 Å². The number of carbonyl (C=O) groups excluding carboxylic acids is 1. The molecule has 6 heteroatoms. The highest BCUT2D eigenvalue weighted by molar-refractivity contribution is 5.90. The van der Waals surface area contributed by atoms with Crippen LogP contribution in [0.2, 0.25) is 0 Å². The molecular formula is C12H14F3NO2. The van der Waals surface area contributed by atoms with Gasteiger partial charge in [-0.05, 0) is 25.0 Å². The van der Waals surface area contributed by atoms with Crippen molar-refractivity contribution < 1.29 is 22.7 Å². The van der Waals surface area contributed by atoms with Crippen LogP contribution in [-0.2, 0) is 17.3 Å². The first-order chi connectivity index (χ1) is 8.40. The second kappa shape index (κ2) is 5.84. The van der Waals surface area contributed by atoms with Crippen molar-refractivity contribution in [2.24, 2.45) is 0 Å². The summed E-state index contributed by atoms with van der Waals surface area (Å²) in [5.74, 6) is -0.665. The Bertz CT molecular complexity index is 430. The van der Waals surface area contributed by atoms with Gasteiger partial charge < -0.3 is 4.74 Å². The number of nitrogens with zero attached hydrogens (tertiary/aromatic N) is 1. The van der Waals surface area contributed by atoms with E-state index >= 15 is 0 Å². The Kier molecular flexibility index (Phi) is 4.69. The molecule has 1 heterocycles. The van der Waals surface area contributed by atoms with Crippen molar-refractivity contribution in [2.45, 2.75) is 32.4 Å². The molecule has 18 heavy (non-hydrogen) atoms. The summed E-state index contributed by atoms with van der Waals surface area (Å²) in [6.45, 7) is 1.91. The second-order valence-corrected chi connectivity index (χ2v) is 3.78. The molecule has 100 valence electrons. The fraction of sp³-hybridized carbons (Fsp3) is 0.500. The van der Waals surface area contributed by atoms with Crippen LogP contribution < -0.4 is 0 Å². The van der Waals surface area contributed by atoms with Crippen LogP contribution in [-0.4, -0.2) is 18.1 Å². The van der Waals surface area contributed by atoms with E-state index in [0.29, 0.717) is 12.8 Å². The first-order valence-electron chi connectivity index (χ1n) is 5.55. The average Bonchev–Trinajstić information content (AvgIpc) is 2.34. The van der Waals surface area contributed by atoms with Gasteiger partial charge in [-0.25, -0.2) is 9.78 Å². The van der Waals surface area contributed by atoms with E-state index in [1.165, 1.54) is 7.11 Å². The van der Waals surface area contributed by atoms with Gasteiger partial charge in [-0.2, -0.15) is 13.2 Å². The number of pyridine rings is 1. The van der Waals surface area contributed by atoms with Crippen LogP contribution in [0.5, 0.6) is 0 Å². The molecule has 0 bridgehead atoms. The van der Waals surface area contributed by atoms with Crippen LogP contribution in [0, 0.1) is 0 Å². The minimum Gasteiger partial charge on any atom is -0.465 e. The summed E-state index contributed by atoms with van der Waals surface area (Å²) in [7, 11) is 1.18. The topological polar surface area (TPSA) is 39.2 Å². The molecule has 0 aromatic carbocycles. The normalized spacial score (nSPS) is 11.4. The van der Waals surface area contributed by atoms with Gasteiger partial charge in [-0.1, -0.05) is 13.3 Å². The van der Waals surface area contributed by atoms with Gasteiger partial charge >= 0.3 is 12.1 Å². The summed E-state index contributed by atoms with van der Waals surface area (Å²) < 4.78 is 42.1. The lowest BCUT2D eigenvalue weighted by molar-refractivity contribution is -0.141. The van der Waals surface area contributed by atoms with Gasteiger partial charge in [0.2, 0.25) is 0 Å². The number of unbranched alkanes of at least 4 members (excludes halogenated alkanes) is 1. The number of halogens is 3. The molecule has 0 spiro atoms. The number of alkyl halides is 3. The molecule has 0 aliphatic carbocycles. The first kappa shape index (κ1) is 14.5. The highest BCUT2D eigenvalue weighted by Gasteiger charge is 2.33. The third kappa shape index (κ3) is 3.45. The molecule has 0 saturated heterocycles. The van der Waals surface area contributed by atoms with E-state index in [2.05, 4.69) is 9.72 Å². The summed E-state index contributed by atoms with van der Waals surface area (Å²) in [6, 6.07) is 1.91. The van der Waals surface area contributed by atoms with Crippen molar-refractivity contribution in [3.8, 4) is 0 Å². The average molecular weight is 261 g/mol. The van der Waals surface area contributed by atoms with Gasteiger partial charge in [0.15, 0.2) is 0 Å². The Morgan fingerprint density at radius 2 is 2.06 bits per heavy atom. The molecule has 0 unspecified atom stereocenters. The predicted molar refractivity (Wildman–Crippen MR) is 59.2 cm³/mol. The maximum atomic E-state index is 12.5. The van der Waals surface area contributed by atoms with Gasteiger partial charge in [0.05, 0.1) is 18.4 Å². The number of hydrogen-bond donors (Lipinski definition) is 0. The van der Waals surface area contributed by atoms with E-state index in [1.807, 2.05) is 6.92 Å². The SMILES string of the molecule is CCCCc1nc(C(F)(F)F)ccc1C(=O)OC. The molecule has 0 saturated carbocycles. The molecule has 1 aromatic rings. The summed E-state index contributed by atoms with van der Waals surface area (Å²) in [4.78, 5) is 14.9. The Morgan fingerprint density at radius 3 is 2.56 bits per heavy atom. The fourth-order valence-corrected chi connectivity index (χ4v) is 1.49. The quantitative estimate of drug-likeness (QED) is 0.781. The zero-order valence-electron chi connectivity index (χ0n) is 10.2. The molecule has 0 aliphatic heterocycles. The molecule has 0 amide bonds. The zero-order valence-corrected chi connectivity index (χ0v) is 10.2. The summed E-state index contributed by atoms with van der Waals surface area (Å²) in [5, 5.41) is 0. The third-order valence-electron chi connectivity index (χ3n) is 2.44. The lowest BCUT2D eigenvalue weighted by Crippen LogP contribution is -2.14. The second-order valence-electron chi connectivity index (χ2n) is 3.78. The molecule has 0 fully saturated rings. The van der Waals surface area contributed by atoms with E-state index < -0.39 is 17.8 Å². The van der Waals surface area contributed by atoms with Gasteiger partial charge in [-0.15, -0.1) is 0 Å². The van der Waals surface area contributed by atoms with Crippen LogP contribution >= 0.6 is 0 Å². The molecule has 1 rings (SSSR count). The lowest BCUT2D eigenvalue weighted by atomic mass is 10.1. The number of ether oxygens (including phenoxy) is 1.